The van der Waals surface area contributed by atoms with E-state index in [1.54, 1.807) is 13.0 Å². The van der Waals surface area contributed by atoms with Crippen molar-refractivity contribution in [1.82, 2.24) is 4.72 Å². The minimum absolute atomic E-state index is 0.166. The highest BCUT2D eigenvalue weighted by Crippen LogP contribution is 2.48. The lowest BCUT2D eigenvalue weighted by atomic mass is 10.1. The van der Waals surface area contributed by atoms with Crippen molar-refractivity contribution in [1.29, 1.82) is 0 Å². The molecule has 1 aliphatic carbocycles. The number of hydrogen-bond acceptors (Lipinski definition) is 3. The number of rotatable bonds is 5. The fraction of sp³-hybridized carbons (Fsp3) is 0.538. The lowest BCUT2D eigenvalue weighted by molar-refractivity contribution is 0.475. The summed E-state index contributed by atoms with van der Waals surface area (Å²) in [6.45, 7) is 4.30. The van der Waals surface area contributed by atoms with E-state index in [4.69, 9.17) is 17.3 Å². The first-order valence-corrected chi connectivity index (χ1v) is 8.21. The molecule has 1 fully saturated rings. The predicted octanol–water partition coefficient (Wildman–Crippen LogP) is 2.70. The first-order valence-electron chi connectivity index (χ1n) is 6.35. The van der Waals surface area contributed by atoms with Crippen LogP contribution in [-0.4, -0.2) is 15.0 Å². The normalized spacial score (nSPS) is 17.4. The summed E-state index contributed by atoms with van der Waals surface area (Å²) in [6, 6.07) is 3.00. The molecule has 1 aromatic carbocycles. The second-order valence-electron chi connectivity index (χ2n) is 5.32. The topological polar surface area (TPSA) is 72.2 Å². The van der Waals surface area contributed by atoms with E-state index in [0.717, 1.165) is 19.3 Å². The summed E-state index contributed by atoms with van der Waals surface area (Å²) in [5, 5.41) is 0.378. The van der Waals surface area contributed by atoms with Crippen LogP contribution >= 0.6 is 11.6 Å². The number of anilines is 1. The lowest BCUT2D eigenvalue weighted by Gasteiger charge is -2.15. The standard InChI is InChI=1S/C13H19ClN2O2S/c1-3-13(4-5-13)8-16-19(17,18)12-7-11(15)10(14)6-9(12)2/h6-7,16H,3-5,8,15H2,1-2H3. The number of benzene rings is 1. The Labute approximate surface area is 119 Å². The lowest BCUT2D eigenvalue weighted by Crippen LogP contribution is -2.30. The molecule has 0 unspecified atom stereocenters. The van der Waals surface area contributed by atoms with Gasteiger partial charge < -0.3 is 5.73 Å². The van der Waals surface area contributed by atoms with Gasteiger partial charge in [0.25, 0.3) is 0 Å². The molecule has 0 bridgehead atoms. The molecule has 106 valence electrons. The third-order valence-electron chi connectivity index (χ3n) is 3.93. The Morgan fingerprint density at radius 2 is 2.05 bits per heavy atom. The maximum Gasteiger partial charge on any atom is 0.240 e. The molecule has 0 aliphatic heterocycles. The van der Waals surface area contributed by atoms with Crippen LogP contribution in [0.2, 0.25) is 5.02 Å². The zero-order valence-electron chi connectivity index (χ0n) is 11.2. The molecule has 0 radical (unpaired) electrons. The molecule has 1 aromatic rings. The number of aryl methyl sites for hydroxylation is 1. The Kier molecular flexibility index (Phi) is 3.82. The SMILES string of the molecule is CCC1(CNS(=O)(=O)c2cc(N)c(Cl)cc2C)CC1. The van der Waals surface area contributed by atoms with Gasteiger partial charge in [0.1, 0.15) is 0 Å². The van der Waals surface area contributed by atoms with Gasteiger partial charge in [-0.3, -0.25) is 0 Å². The summed E-state index contributed by atoms with van der Waals surface area (Å²) in [4.78, 5) is 0.210. The van der Waals surface area contributed by atoms with Crippen LogP contribution in [0.15, 0.2) is 17.0 Å². The quantitative estimate of drug-likeness (QED) is 0.821. The zero-order chi connectivity index (χ0) is 14.3. The van der Waals surface area contributed by atoms with Crippen LogP contribution < -0.4 is 10.5 Å². The number of halogens is 1. The molecule has 4 nitrogen and oxygen atoms in total. The summed E-state index contributed by atoms with van der Waals surface area (Å²) in [6.07, 6.45) is 3.18. The van der Waals surface area contributed by atoms with Gasteiger partial charge in [0, 0.05) is 6.54 Å². The van der Waals surface area contributed by atoms with Crippen LogP contribution in [0.1, 0.15) is 31.7 Å². The van der Waals surface area contributed by atoms with Gasteiger partial charge in [-0.25, -0.2) is 13.1 Å². The number of nitrogens with one attached hydrogen (secondary N) is 1. The smallest absolute Gasteiger partial charge is 0.240 e. The molecule has 2 rings (SSSR count). The second kappa shape index (κ2) is 4.96. The van der Waals surface area contributed by atoms with Crippen LogP contribution in [-0.2, 0) is 10.0 Å². The molecular weight excluding hydrogens is 284 g/mol. The second-order valence-corrected chi connectivity index (χ2v) is 7.46. The van der Waals surface area contributed by atoms with Crippen LogP contribution in [0, 0.1) is 12.3 Å². The van der Waals surface area contributed by atoms with Gasteiger partial charge in [0.2, 0.25) is 10.0 Å². The Bertz CT molecular complexity index is 595. The van der Waals surface area contributed by atoms with E-state index >= 15 is 0 Å². The van der Waals surface area contributed by atoms with E-state index in [-0.39, 0.29) is 16.0 Å². The Balaban J connectivity index is 2.22. The van der Waals surface area contributed by atoms with Crippen LogP contribution in [0.5, 0.6) is 0 Å². The van der Waals surface area contributed by atoms with E-state index in [0.29, 0.717) is 17.1 Å². The molecule has 0 aromatic heterocycles. The Hall–Kier alpha value is -0.780. The third-order valence-corrected chi connectivity index (χ3v) is 5.80. The average molecular weight is 303 g/mol. The molecular formula is C13H19ClN2O2S. The van der Waals surface area contributed by atoms with Gasteiger partial charge in [-0.1, -0.05) is 18.5 Å². The van der Waals surface area contributed by atoms with E-state index in [9.17, 15) is 8.42 Å². The fourth-order valence-corrected chi connectivity index (χ4v) is 3.75. The van der Waals surface area contributed by atoms with Crippen molar-refractivity contribution in [3.05, 3.63) is 22.7 Å². The number of sulfonamides is 1. The molecule has 0 amide bonds. The number of nitrogen functional groups attached to an aromatic ring is 1. The maximum atomic E-state index is 12.3. The molecule has 0 spiro atoms. The van der Waals surface area contributed by atoms with Crippen LogP contribution in [0.3, 0.4) is 0 Å². The number of hydrogen-bond donors (Lipinski definition) is 2. The van der Waals surface area contributed by atoms with Crippen LogP contribution in [0.25, 0.3) is 0 Å². The zero-order valence-corrected chi connectivity index (χ0v) is 12.7. The van der Waals surface area contributed by atoms with Gasteiger partial charge in [0.15, 0.2) is 0 Å². The van der Waals surface area contributed by atoms with E-state index in [2.05, 4.69) is 11.6 Å². The highest BCUT2D eigenvalue weighted by Gasteiger charge is 2.41. The van der Waals surface area contributed by atoms with Crippen molar-refractivity contribution in [2.75, 3.05) is 12.3 Å². The van der Waals surface area contributed by atoms with Gasteiger partial charge in [-0.2, -0.15) is 0 Å². The van der Waals surface area contributed by atoms with E-state index in [1.165, 1.54) is 6.07 Å². The van der Waals surface area contributed by atoms with Gasteiger partial charge >= 0.3 is 0 Å². The predicted molar refractivity (Wildman–Crippen MR) is 77.7 cm³/mol. The molecule has 1 saturated carbocycles. The molecule has 1 aliphatic rings. The van der Waals surface area contributed by atoms with Crippen molar-refractivity contribution < 1.29 is 8.42 Å². The molecule has 0 saturated heterocycles. The van der Waals surface area contributed by atoms with Crippen LogP contribution in [0.4, 0.5) is 5.69 Å². The van der Waals surface area contributed by atoms with E-state index < -0.39 is 10.0 Å². The fourth-order valence-electron chi connectivity index (χ4n) is 2.12. The van der Waals surface area contributed by atoms with E-state index in [1.807, 2.05) is 0 Å². The van der Waals surface area contributed by atoms with Crippen molar-refractivity contribution >= 4 is 27.3 Å². The minimum Gasteiger partial charge on any atom is -0.397 e. The summed E-state index contributed by atoms with van der Waals surface area (Å²) in [5.74, 6) is 0. The Morgan fingerprint density at radius 1 is 1.42 bits per heavy atom. The highest BCUT2D eigenvalue weighted by atomic mass is 35.5. The van der Waals surface area contributed by atoms with Crippen molar-refractivity contribution in [2.24, 2.45) is 5.41 Å². The molecule has 0 atom stereocenters. The monoisotopic (exact) mass is 302 g/mol. The summed E-state index contributed by atoms with van der Waals surface area (Å²) < 4.78 is 27.3. The molecule has 19 heavy (non-hydrogen) atoms. The minimum atomic E-state index is -3.52. The summed E-state index contributed by atoms with van der Waals surface area (Å²) in [5.41, 5.74) is 6.73. The van der Waals surface area contributed by atoms with Crippen molar-refractivity contribution in [3.8, 4) is 0 Å². The average Bonchev–Trinajstić information content (AvgIpc) is 3.12. The van der Waals surface area contributed by atoms with Gasteiger partial charge in [-0.05, 0) is 49.3 Å². The first-order chi connectivity index (χ1) is 8.80. The third kappa shape index (κ3) is 3.04. The first kappa shape index (κ1) is 14.6. The molecule has 3 N–H and O–H groups in total. The van der Waals surface area contributed by atoms with Crippen molar-refractivity contribution in [3.63, 3.8) is 0 Å². The van der Waals surface area contributed by atoms with Crippen molar-refractivity contribution in [2.45, 2.75) is 38.0 Å². The maximum absolute atomic E-state index is 12.3. The molecule has 0 heterocycles. The number of nitrogens with two attached hydrogens (primary N) is 1. The van der Waals surface area contributed by atoms with Gasteiger partial charge in [-0.15, -0.1) is 0 Å². The summed E-state index contributed by atoms with van der Waals surface area (Å²) >= 11 is 5.88. The molecule has 6 heteroatoms. The van der Waals surface area contributed by atoms with Gasteiger partial charge in [0.05, 0.1) is 15.6 Å². The summed E-state index contributed by atoms with van der Waals surface area (Å²) in [7, 11) is -3.52. The highest BCUT2D eigenvalue weighted by molar-refractivity contribution is 7.89. The Morgan fingerprint density at radius 3 is 2.58 bits per heavy atom. The largest absolute Gasteiger partial charge is 0.397 e.